The van der Waals surface area contributed by atoms with Gasteiger partial charge < -0.3 is 16.2 Å². The quantitative estimate of drug-likeness (QED) is 0.513. The van der Waals surface area contributed by atoms with Crippen LogP contribution in [0.4, 0.5) is 0 Å². The van der Waals surface area contributed by atoms with Gasteiger partial charge in [0.1, 0.15) is 7.85 Å². The molecular formula is C14H31BN2O2. The van der Waals surface area contributed by atoms with Crippen molar-refractivity contribution in [1.82, 2.24) is 0 Å². The Hall–Kier alpha value is -0.545. The summed E-state index contributed by atoms with van der Waals surface area (Å²) in [6, 6.07) is 0. The summed E-state index contributed by atoms with van der Waals surface area (Å²) >= 11 is 0. The van der Waals surface area contributed by atoms with Gasteiger partial charge >= 0.3 is 5.97 Å². The Kier molecular flexibility index (Phi) is 7.08. The first-order valence-corrected chi connectivity index (χ1v) is 7.33. The molecule has 0 aromatic rings. The normalized spacial score (nSPS) is 17.1. The van der Waals surface area contributed by atoms with Crippen LogP contribution in [0.3, 0.4) is 0 Å². The number of hydrogen-bond acceptors (Lipinski definition) is 4. The van der Waals surface area contributed by atoms with Crippen molar-refractivity contribution in [3.63, 3.8) is 0 Å². The second kappa shape index (κ2) is 7.29. The number of ether oxygens (including phenoxy) is 1. The molecule has 0 spiro atoms. The summed E-state index contributed by atoms with van der Waals surface area (Å²) in [5, 5.41) is 0. The van der Waals surface area contributed by atoms with E-state index in [1.807, 2.05) is 28.6 Å². The molecule has 0 fully saturated rings. The van der Waals surface area contributed by atoms with Gasteiger partial charge in [0.05, 0.1) is 6.10 Å². The Balaban J connectivity index is 5.11. The fourth-order valence-electron chi connectivity index (χ4n) is 2.73. The number of rotatable bonds is 8. The second-order valence-corrected chi connectivity index (χ2v) is 6.31. The Labute approximate surface area is 119 Å². The summed E-state index contributed by atoms with van der Waals surface area (Å²) in [6.45, 7) is 10.3. The fourth-order valence-corrected chi connectivity index (χ4v) is 2.73. The maximum absolute atomic E-state index is 12.2. The predicted molar refractivity (Wildman–Crippen MR) is 82.8 cm³/mol. The van der Waals surface area contributed by atoms with Gasteiger partial charge in [0.15, 0.2) is 0 Å². The lowest BCUT2D eigenvalue weighted by Crippen LogP contribution is -2.50. The average molecular weight is 270 g/mol. The topological polar surface area (TPSA) is 78.3 Å². The highest BCUT2D eigenvalue weighted by Crippen LogP contribution is 2.44. The van der Waals surface area contributed by atoms with Gasteiger partial charge in [-0.1, -0.05) is 26.7 Å². The summed E-state index contributed by atoms with van der Waals surface area (Å²) in [5.74, 6) is -0.300. The largest absolute Gasteiger partial charge is 0.463 e. The molecule has 0 rings (SSSR count). The number of carbonyl (C=O) groups excluding carboxylic acids is 1. The van der Waals surface area contributed by atoms with Crippen molar-refractivity contribution >= 4 is 13.8 Å². The number of esters is 1. The molecule has 0 heterocycles. The maximum atomic E-state index is 12.2. The highest BCUT2D eigenvalue weighted by Gasteiger charge is 2.41. The molecular weight excluding hydrogens is 239 g/mol. The minimum Gasteiger partial charge on any atom is -0.463 e. The second-order valence-electron chi connectivity index (χ2n) is 6.31. The highest BCUT2D eigenvalue weighted by atomic mass is 16.5. The van der Waals surface area contributed by atoms with Crippen molar-refractivity contribution in [2.24, 2.45) is 16.9 Å². The molecule has 2 unspecified atom stereocenters. The zero-order chi connectivity index (χ0) is 15.3. The molecule has 4 nitrogen and oxygen atoms in total. The molecule has 0 radical (unpaired) electrons. The van der Waals surface area contributed by atoms with E-state index in [2.05, 4.69) is 13.8 Å². The molecule has 0 aliphatic carbocycles. The maximum Gasteiger partial charge on any atom is 0.301 e. The summed E-state index contributed by atoms with van der Waals surface area (Å²) in [5.41, 5.74) is 11.4. The standard InChI is InChI=1S/C14H31BN2O2/c1-6-14(7-2,8-13(5,17)9-16)11(15)12(18)19-10(3)4/h10-11H,6-9,15-17H2,1-5H3. The van der Waals surface area contributed by atoms with Crippen LogP contribution in [0.1, 0.15) is 53.9 Å². The molecule has 0 saturated carbocycles. The zero-order valence-corrected chi connectivity index (χ0v) is 13.5. The predicted octanol–water partition coefficient (Wildman–Crippen LogP) is 1.23. The van der Waals surface area contributed by atoms with Crippen molar-refractivity contribution in [2.45, 2.75) is 71.3 Å². The minimum absolute atomic E-state index is 0.0832. The average Bonchev–Trinajstić information content (AvgIpc) is 2.34. The van der Waals surface area contributed by atoms with Crippen LogP contribution in [0.25, 0.3) is 0 Å². The van der Waals surface area contributed by atoms with Crippen molar-refractivity contribution in [3.8, 4) is 0 Å². The van der Waals surface area contributed by atoms with Crippen LogP contribution in [0.5, 0.6) is 0 Å². The van der Waals surface area contributed by atoms with Crippen molar-refractivity contribution < 1.29 is 9.53 Å². The van der Waals surface area contributed by atoms with Crippen LogP contribution < -0.4 is 11.5 Å². The van der Waals surface area contributed by atoms with Gasteiger partial charge in [0.2, 0.25) is 0 Å². The molecule has 0 aromatic carbocycles. The molecule has 0 aliphatic heterocycles. The van der Waals surface area contributed by atoms with Crippen LogP contribution in [0.2, 0.25) is 5.82 Å². The molecule has 0 bridgehead atoms. The third kappa shape index (κ3) is 5.15. The van der Waals surface area contributed by atoms with Gasteiger partial charge in [-0.05, 0) is 32.6 Å². The first kappa shape index (κ1) is 18.5. The Bertz CT molecular complexity index is 289. The van der Waals surface area contributed by atoms with E-state index in [0.717, 1.165) is 19.3 Å². The summed E-state index contributed by atoms with van der Waals surface area (Å²) < 4.78 is 5.36. The lowest BCUT2D eigenvalue weighted by atomic mass is 9.58. The van der Waals surface area contributed by atoms with E-state index < -0.39 is 5.54 Å². The van der Waals surface area contributed by atoms with Crippen LogP contribution in [0.15, 0.2) is 0 Å². The molecule has 0 aliphatic rings. The van der Waals surface area contributed by atoms with E-state index in [4.69, 9.17) is 16.2 Å². The summed E-state index contributed by atoms with van der Waals surface area (Å²) in [4.78, 5) is 12.2. The molecule has 0 saturated heterocycles. The lowest BCUT2D eigenvalue weighted by Gasteiger charge is -2.42. The van der Waals surface area contributed by atoms with E-state index >= 15 is 0 Å². The Morgan fingerprint density at radius 2 is 1.79 bits per heavy atom. The van der Waals surface area contributed by atoms with Gasteiger partial charge in [-0.15, -0.1) is 0 Å². The summed E-state index contributed by atoms with van der Waals surface area (Å²) in [7, 11) is 1.95. The van der Waals surface area contributed by atoms with E-state index in [9.17, 15) is 4.79 Å². The minimum atomic E-state index is -0.446. The molecule has 4 N–H and O–H groups in total. The molecule has 0 aromatic heterocycles. The van der Waals surface area contributed by atoms with E-state index in [-0.39, 0.29) is 23.3 Å². The first-order chi connectivity index (χ1) is 8.64. The summed E-state index contributed by atoms with van der Waals surface area (Å²) in [6.07, 6.45) is 2.44. The number of carbonyl (C=O) groups is 1. The third-order valence-electron chi connectivity index (χ3n) is 4.25. The first-order valence-electron chi connectivity index (χ1n) is 7.33. The zero-order valence-electron chi connectivity index (χ0n) is 13.5. The Morgan fingerprint density at radius 3 is 2.11 bits per heavy atom. The van der Waals surface area contributed by atoms with Gasteiger partial charge in [-0.2, -0.15) is 0 Å². The van der Waals surface area contributed by atoms with Crippen LogP contribution in [0, 0.1) is 5.41 Å². The molecule has 5 heteroatoms. The number of nitrogens with two attached hydrogens (primary N) is 2. The molecule has 112 valence electrons. The highest BCUT2D eigenvalue weighted by molar-refractivity contribution is 6.23. The van der Waals surface area contributed by atoms with Crippen molar-refractivity contribution in [1.29, 1.82) is 0 Å². The molecule has 19 heavy (non-hydrogen) atoms. The number of hydrogen-bond donors (Lipinski definition) is 2. The molecule has 2 atom stereocenters. The Morgan fingerprint density at radius 1 is 1.32 bits per heavy atom. The van der Waals surface area contributed by atoms with Gasteiger partial charge in [0.25, 0.3) is 0 Å². The van der Waals surface area contributed by atoms with Crippen LogP contribution in [-0.2, 0) is 9.53 Å². The van der Waals surface area contributed by atoms with Gasteiger partial charge in [-0.3, -0.25) is 4.79 Å². The monoisotopic (exact) mass is 270 g/mol. The lowest BCUT2D eigenvalue weighted by molar-refractivity contribution is -0.150. The van der Waals surface area contributed by atoms with Crippen molar-refractivity contribution in [3.05, 3.63) is 0 Å². The van der Waals surface area contributed by atoms with E-state index in [1.54, 1.807) is 0 Å². The van der Waals surface area contributed by atoms with Gasteiger partial charge in [-0.25, -0.2) is 0 Å². The van der Waals surface area contributed by atoms with E-state index in [1.165, 1.54) is 0 Å². The van der Waals surface area contributed by atoms with E-state index in [0.29, 0.717) is 6.54 Å². The van der Waals surface area contributed by atoms with Crippen molar-refractivity contribution in [2.75, 3.05) is 6.54 Å². The fraction of sp³-hybridized carbons (Fsp3) is 0.929. The third-order valence-corrected chi connectivity index (χ3v) is 4.25. The smallest absolute Gasteiger partial charge is 0.301 e. The SMILES string of the molecule is BC(C(=O)OC(C)C)C(CC)(CC)CC(C)(N)CN. The van der Waals surface area contributed by atoms with Crippen LogP contribution in [-0.4, -0.2) is 32.0 Å². The van der Waals surface area contributed by atoms with Crippen LogP contribution >= 0.6 is 0 Å². The molecule has 0 amide bonds. The van der Waals surface area contributed by atoms with Gasteiger partial charge in [0, 0.05) is 17.9 Å².